The highest BCUT2D eigenvalue weighted by Gasteiger charge is 2.24. The van der Waals surface area contributed by atoms with Gasteiger partial charge in [0.15, 0.2) is 5.69 Å². The average molecular weight is 466 g/mol. The maximum atomic E-state index is 12.8. The smallest absolute Gasteiger partial charge is 0.293 e. The van der Waals surface area contributed by atoms with Gasteiger partial charge in [-0.05, 0) is 41.5 Å². The number of hydrogen-bond donors (Lipinski definition) is 4. The van der Waals surface area contributed by atoms with Gasteiger partial charge in [0, 0.05) is 15.4 Å². The molecule has 3 aromatic heterocycles. The van der Waals surface area contributed by atoms with Gasteiger partial charge in [-0.2, -0.15) is 9.78 Å². The number of carbonyl (C=O) groups excluding carboxylic acids is 2. The first kappa shape index (κ1) is 21.6. The third kappa shape index (κ3) is 4.69. The Hall–Kier alpha value is -4.59. The van der Waals surface area contributed by atoms with Crippen LogP contribution in [0.2, 0.25) is 0 Å². The number of hydrazone groups is 1. The zero-order valence-electron chi connectivity index (χ0n) is 17.2. The summed E-state index contributed by atoms with van der Waals surface area (Å²) in [5.41, 5.74) is 14.6. The van der Waals surface area contributed by atoms with Gasteiger partial charge < -0.3 is 16.8 Å². The number of primary amides is 1. The molecule has 0 atom stereocenters. The molecule has 3 heterocycles. The van der Waals surface area contributed by atoms with Crippen molar-refractivity contribution < 1.29 is 14.2 Å². The number of amides is 2. The zero-order chi connectivity index (χ0) is 23.4. The van der Waals surface area contributed by atoms with Crippen molar-refractivity contribution in [2.75, 3.05) is 11.1 Å². The molecule has 6 N–H and O–H groups in total. The summed E-state index contributed by atoms with van der Waals surface area (Å²) in [5.74, 6) is -1.21. The van der Waals surface area contributed by atoms with Gasteiger partial charge in [-0.25, -0.2) is 10.1 Å². The topological polar surface area (TPSA) is 192 Å². The molecule has 0 aliphatic carbocycles. The molecule has 0 aliphatic heterocycles. The largest absolute Gasteiger partial charge is 0.379 e. The lowest BCUT2D eigenvalue weighted by Crippen LogP contribution is -2.22. The summed E-state index contributed by atoms with van der Waals surface area (Å²) in [5, 5.41) is 22.2. The Bertz CT molecular complexity index is 1340. The van der Waals surface area contributed by atoms with E-state index in [0.717, 1.165) is 9.75 Å². The van der Waals surface area contributed by atoms with E-state index >= 15 is 0 Å². The van der Waals surface area contributed by atoms with Gasteiger partial charge in [-0.3, -0.25) is 9.59 Å². The summed E-state index contributed by atoms with van der Waals surface area (Å²) in [4.78, 5) is 26.5. The number of benzene rings is 1. The van der Waals surface area contributed by atoms with E-state index < -0.39 is 11.8 Å². The van der Waals surface area contributed by atoms with Crippen LogP contribution in [0.5, 0.6) is 0 Å². The van der Waals surface area contributed by atoms with Crippen molar-refractivity contribution in [2.45, 2.75) is 13.5 Å². The van der Waals surface area contributed by atoms with Crippen LogP contribution < -0.4 is 22.2 Å². The first-order valence-corrected chi connectivity index (χ1v) is 10.3. The Labute approximate surface area is 190 Å². The number of nitrogen functional groups attached to an aromatic ring is 1. The molecule has 0 radical (unpaired) electrons. The van der Waals surface area contributed by atoms with Gasteiger partial charge >= 0.3 is 0 Å². The van der Waals surface area contributed by atoms with Crippen LogP contribution in [0.4, 0.5) is 11.5 Å². The number of nitrogens with two attached hydrogens (primary N) is 2. The number of aromatic nitrogens is 5. The molecule has 4 rings (SSSR count). The Morgan fingerprint density at radius 3 is 2.76 bits per heavy atom. The van der Waals surface area contributed by atoms with Crippen LogP contribution >= 0.6 is 11.3 Å². The van der Waals surface area contributed by atoms with Gasteiger partial charge in [0.25, 0.3) is 11.8 Å². The van der Waals surface area contributed by atoms with E-state index in [1.807, 2.05) is 19.1 Å². The number of hydrogen-bond acceptors (Lipinski definition) is 11. The minimum absolute atomic E-state index is 0.0141. The summed E-state index contributed by atoms with van der Waals surface area (Å²) >= 11 is 1.53. The van der Waals surface area contributed by atoms with Gasteiger partial charge in [0.05, 0.1) is 24.0 Å². The molecule has 33 heavy (non-hydrogen) atoms. The van der Waals surface area contributed by atoms with Crippen LogP contribution in [-0.4, -0.2) is 43.3 Å². The monoisotopic (exact) mass is 466 g/mol. The summed E-state index contributed by atoms with van der Waals surface area (Å²) in [7, 11) is 0. The van der Waals surface area contributed by atoms with E-state index in [2.05, 4.69) is 41.1 Å². The van der Waals surface area contributed by atoms with Crippen LogP contribution in [-0.2, 0) is 6.54 Å². The first-order chi connectivity index (χ1) is 15.9. The molecule has 0 spiro atoms. The minimum atomic E-state index is -0.610. The Morgan fingerprint density at radius 2 is 2.06 bits per heavy atom. The lowest BCUT2D eigenvalue weighted by Gasteiger charge is -2.11. The van der Waals surface area contributed by atoms with Crippen LogP contribution in [0.15, 0.2) is 46.1 Å². The second kappa shape index (κ2) is 9.27. The number of carbonyl (C=O) groups is 2. The van der Waals surface area contributed by atoms with E-state index in [-0.39, 0.29) is 35.1 Å². The van der Waals surface area contributed by atoms with Crippen molar-refractivity contribution in [1.82, 2.24) is 30.7 Å². The van der Waals surface area contributed by atoms with Crippen LogP contribution in [0.25, 0.3) is 5.82 Å². The number of rotatable bonds is 8. The highest BCUT2D eigenvalue weighted by Crippen LogP contribution is 2.20. The molecule has 2 amide bonds. The van der Waals surface area contributed by atoms with Crippen molar-refractivity contribution in [1.29, 1.82) is 0 Å². The molecule has 0 aliphatic rings. The number of anilines is 2. The van der Waals surface area contributed by atoms with Crippen molar-refractivity contribution in [2.24, 2.45) is 10.8 Å². The fourth-order valence-electron chi connectivity index (χ4n) is 2.91. The van der Waals surface area contributed by atoms with Gasteiger partial charge in [-0.1, -0.05) is 17.3 Å². The summed E-state index contributed by atoms with van der Waals surface area (Å²) in [6.07, 6.45) is 1.53. The van der Waals surface area contributed by atoms with Gasteiger partial charge in [0.1, 0.15) is 0 Å². The average Bonchev–Trinajstić information content (AvgIpc) is 3.52. The Morgan fingerprint density at radius 1 is 1.24 bits per heavy atom. The number of aryl methyl sites for hydroxylation is 1. The van der Waals surface area contributed by atoms with Crippen LogP contribution in [0.3, 0.4) is 0 Å². The second-order valence-corrected chi connectivity index (χ2v) is 8.00. The number of para-hydroxylation sites is 1. The molecule has 0 saturated heterocycles. The maximum Gasteiger partial charge on any atom is 0.293 e. The highest BCUT2D eigenvalue weighted by molar-refractivity contribution is 7.13. The van der Waals surface area contributed by atoms with E-state index in [9.17, 15) is 9.59 Å². The number of thiophene rings is 1. The summed E-state index contributed by atoms with van der Waals surface area (Å²) in [6.45, 7) is 1.99. The number of nitrogens with zero attached hydrogens (tertiary/aromatic N) is 6. The zero-order valence-corrected chi connectivity index (χ0v) is 18.0. The first-order valence-electron chi connectivity index (χ1n) is 9.49. The molecule has 0 unspecified atom stereocenters. The standard InChI is InChI=1S/C19H18N10O3S/c1-10-6-7-11(33-10)8-23-25-19(31)15-14(29(28-24-15)18-16(20)26-32-27-18)9-22-13-5-3-2-4-12(13)17(21)30/h2-8,22H,9H2,1H3,(H2,20,26)(H2,21,30)(H,25,31)/b23-8+. The molecule has 0 saturated carbocycles. The van der Waals surface area contributed by atoms with E-state index in [1.54, 1.807) is 24.3 Å². The van der Waals surface area contributed by atoms with Crippen molar-refractivity contribution >= 4 is 40.9 Å². The lowest BCUT2D eigenvalue weighted by atomic mass is 10.1. The minimum Gasteiger partial charge on any atom is -0.379 e. The summed E-state index contributed by atoms with van der Waals surface area (Å²) in [6, 6.07) is 10.5. The highest BCUT2D eigenvalue weighted by atomic mass is 32.1. The molecule has 13 nitrogen and oxygen atoms in total. The van der Waals surface area contributed by atoms with Crippen molar-refractivity contribution in [3.05, 3.63) is 63.1 Å². The second-order valence-electron chi connectivity index (χ2n) is 6.68. The molecular weight excluding hydrogens is 448 g/mol. The maximum absolute atomic E-state index is 12.8. The Balaban J connectivity index is 1.61. The third-order valence-corrected chi connectivity index (χ3v) is 5.37. The van der Waals surface area contributed by atoms with Crippen molar-refractivity contribution in [3.63, 3.8) is 0 Å². The molecule has 0 fully saturated rings. The van der Waals surface area contributed by atoms with Gasteiger partial charge in [-0.15, -0.1) is 16.4 Å². The van der Waals surface area contributed by atoms with E-state index in [1.165, 1.54) is 22.2 Å². The predicted octanol–water partition coefficient (Wildman–Crippen LogP) is 1.08. The number of nitrogens with one attached hydrogen (secondary N) is 2. The fraction of sp³-hybridized carbons (Fsp3) is 0.105. The lowest BCUT2D eigenvalue weighted by molar-refractivity contribution is 0.0947. The Kier molecular flexibility index (Phi) is 6.08. The van der Waals surface area contributed by atoms with Crippen LogP contribution in [0.1, 0.15) is 36.3 Å². The van der Waals surface area contributed by atoms with Crippen molar-refractivity contribution in [3.8, 4) is 5.82 Å². The quantitative estimate of drug-likeness (QED) is 0.217. The molecule has 14 heteroatoms. The third-order valence-electron chi connectivity index (χ3n) is 4.43. The molecular formula is C19H18N10O3S. The fourth-order valence-corrected chi connectivity index (χ4v) is 3.66. The molecule has 4 aromatic rings. The van der Waals surface area contributed by atoms with Crippen LogP contribution in [0, 0.1) is 6.92 Å². The molecule has 168 valence electrons. The molecule has 1 aromatic carbocycles. The molecule has 0 bridgehead atoms. The normalized spacial score (nSPS) is 11.1. The van der Waals surface area contributed by atoms with E-state index in [4.69, 9.17) is 11.5 Å². The van der Waals surface area contributed by atoms with E-state index in [0.29, 0.717) is 5.69 Å². The van der Waals surface area contributed by atoms with Gasteiger partial charge in [0.2, 0.25) is 11.6 Å². The SMILES string of the molecule is Cc1ccc(/C=N/NC(=O)c2nnn(-c3nonc3N)c2CNc2ccccc2C(N)=O)s1. The summed E-state index contributed by atoms with van der Waals surface area (Å²) < 4.78 is 5.85. The predicted molar refractivity (Wildman–Crippen MR) is 120 cm³/mol.